The van der Waals surface area contributed by atoms with E-state index >= 15 is 0 Å². The van der Waals surface area contributed by atoms with Crippen molar-refractivity contribution in [1.29, 1.82) is 0 Å². The summed E-state index contributed by atoms with van der Waals surface area (Å²) in [5.41, 5.74) is 0. The largest absolute Gasteiger partial charge is 0.480 e. The Morgan fingerprint density at radius 2 is 2.22 bits per heavy atom. The summed E-state index contributed by atoms with van der Waals surface area (Å²) < 4.78 is 0. The topological polar surface area (TPSA) is 95.4 Å². The third kappa shape index (κ3) is 2.56. The smallest absolute Gasteiger partial charge is 0.327 e. The van der Waals surface area contributed by atoms with Crippen molar-refractivity contribution in [2.45, 2.75) is 25.3 Å². The first-order chi connectivity index (χ1) is 8.49. The highest BCUT2D eigenvalue weighted by Crippen LogP contribution is 2.29. The summed E-state index contributed by atoms with van der Waals surface area (Å²) >= 11 is 2.69. The summed E-state index contributed by atoms with van der Waals surface area (Å²) in [5, 5.41) is 20.1. The second-order valence-electron chi connectivity index (χ2n) is 3.75. The van der Waals surface area contributed by atoms with Crippen molar-refractivity contribution in [2.75, 3.05) is 11.1 Å². The number of carbonyl (C=O) groups excluding carboxylic acids is 1. The zero-order valence-electron chi connectivity index (χ0n) is 9.78. The van der Waals surface area contributed by atoms with Gasteiger partial charge in [-0.1, -0.05) is 11.3 Å². The molecule has 1 aliphatic heterocycles. The van der Waals surface area contributed by atoms with Gasteiger partial charge in [0.05, 0.1) is 5.37 Å². The molecule has 98 valence electrons. The van der Waals surface area contributed by atoms with Crippen LogP contribution in [0.2, 0.25) is 0 Å². The molecule has 1 aromatic rings. The molecular formula is C9H12N4O3S2. The zero-order chi connectivity index (χ0) is 13.3. The molecule has 0 bridgehead atoms. The minimum absolute atomic E-state index is 0.167. The number of nitrogens with one attached hydrogen (secondary N) is 1. The fraction of sp³-hybridized carbons (Fsp3) is 0.556. The number of rotatable bonds is 2. The molecule has 2 heterocycles. The van der Waals surface area contributed by atoms with Gasteiger partial charge in [0.2, 0.25) is 5.13 Å². The molecule has 0 aliphatic carbocycles. The van der Waals surface area contributed by atoms with Gasteiger partial charge in [0.25, 0.3) is 0 Å². The number of carbonyl (C=O) groups is 2. The molecule has 1 saturated heterocycles. The van der Waals surface area contributed by atoms with Crippen LogP contribution in [0.3, 0.4) is 0 Å². The molecule has 2 N–H and O–H groups in total. The van der Waals surface area contributed by atoms with Crippen molar-refractivity contribution in [3.63, 3.8) is 0 Å². The van der Waals surface area contributed by atoms with Gasteiger partial charge >= 0.3 is 12.0 Å². The van der Waals surface area contributed by atoms with Gasteiger partial charge in [-0.15, -0.1) is 22.0 Å². The predicted octanol–water partition coefficient (Wildman–Crippen LogP) is 1.23. The van der Waals surface area contributed by atoms with Gasteiger partial charge in [0.1, 0.15) is 11.0 Å². The fourth-order valence-electron chi connectivity index (χ4n) is 1.64. The molecule has 1 fully saturated rings. The number of nitrogens with zero attached hydrogens (tertiary/aromatic N) is 3. The highest BCUT2D eigenvalue weighted by molar-refractivity contribution is 8.00. The van der Waals surface area contributed by atoms with Gasteiger partial charge < -0.3 is 5.11 Å². The van der Waals surface area contributed by atoms with Gasteiger partial charge in [-0.3, -0.25) is 10.2 Å². The number of amides is 2. The molecule has 1 aliphatic rings. The van der Waals surface area contributed by atoms with Crippen LogP contribution in [0.15, 0.2) is 0 Å². The number of hydrogen-bond acceptors (Lipinski definition) is 6. The minimum Gasteiger partial charge on any atom is -0.480 e. The van der Waals surface area contributed by atoms with Crippen molar-refractivity contribution in [2.24, 2.45) is 0 Å². The Labute approximate surface area is 112 Å². The van der Waals surface area contributed by atoms with Crippen molar-refractivity contribution in [1.82, 2.24) is 15.1 Å². The average molecular weight is 288 g/mol. The SMILES string of the molecule is Cc1nnc(NC(=O)N2C(C)SCC2C(=O)O)s1. The van der Waals surface area contributed by atoms with Gasteiger partial charge in [-0.2, -0.15) is 0 Å². The van der Waals surface area contributed by atoms with E-state index in [4.69, 9.17) is 5.11 Å². The zero-order valence-corrected chi connectivity index (χ0v) is 11.4. The summed E-state index contributed by atoms with van der Waals surface area (Å²) in [5.74, 6) is -0.588. The van der Waals surface area contributed by atoms with Crippen molar-refractivity contribution in [3.8, 4) is 0 Å². The van der Waals surface area contributed by atoms with Crippen molar-refractivity contribution >= 4 is 40.2 Å². The monoisotopic (exact) mass is 288 g/mol. The quantitative estimate of drug-likeness (QED) is 0.849. The van der Waals surface area contributed by atoms with E-state index in [1.807, 2.05) is 0 Å². The molecule has 2 amide bonds. The van der Waals surface area contributed by atoms with E-state index in [9.17, 15) is 9.59 Å². The predicted molar refractivity (Wildman–Crippen MR) is 68.8 cm³/mol. The first-order valence-corrected chi connectivity index (χ1v) is 7.09. The molecule has 2 atom stereocenters. The molecule has 0 spiro atoms. The lowest BCUT2D eigenvalue weighted by atomic mass is 10.3. The van der Waals surface area contributed by atoms with E-state index < -0.39 is 18.0 Å². The molecule has 2 rings (SSSR count). The number of thioether (sulfide) groups is 1. The van der Waals surface area contributed by atoms with E-state index in [-0.39, 0.29) is 5.37 Å². The first kappa shape index (κ1) is 13.1. The summed E-state index contributed by atoms with van der Waals surface area (Å²) in [7, 11) is 0. The third-order valence-electron chi connectivity index (χ3n) is 2.48. The molecule has 0 saturated carbocycles. The number of aryl methyl sites for hydroxylation is 1. The van der Waals surface area contributed by atoms with Crippen LogP contribution in [0.5, 0.6) is 0 Å². The Balaban J connectivity index is 2.09. The molecule has 1 aromatic heterocycles. The van der Waals surface area contributed by atoms with Gasteiger partial charge in [-0.05, 0) is 13.8 Å². The maximum Gasteiger partial charge on any atom is 0.327 e. The maximum absolute atomic E-state index is 12.0. The number of carboxylic acid groups (broad SMARTS) is 1. The summed E-state index contributed by atoms with van der Waals surface area (Å²) in [6, 6.07) is -1.24. The van der Waals surface area contributed by atoms with E-state index in [1.165, 1.54) is 28.0 Å². The van der Waals surface area contributed by atoms with Gasteiger partial charge in [0.15, 0.2) is 0 Å². The van der Waals surface area contributed by atoms with Crippen LogP contribution in [0, 0.1) is 6.92 Å². The van der Waals surface area contributed by atoms with E-state index in [2.05, 4.69) is 15.5 Å². The van der Waals surface area contributed by atoms with Crippen molar-refractivity contribution < 1.29 is 14.7 Å². The standard InChI is InChI=1S/C9H12N4O3S2/c1-4-11-12-8(18-4)10-9(16)13-5(2)17-3-6(13)7(14)15/h5-6H,3H2,1-2H3,(H,14,15)(H,10,12,16). The average Bonchev–Trinajstić information content (AvgIpc) is 2.85. The lowest BCUT2D eigenvalue weighted by Crippen LogP contribution is -2.46. The Kier molecular flexibility index (Phi) is 3.71. The van der Waals surface area contributed by atoms with E-state index in [0.717, 1.165) is 5.01 Å². The van der Waals surface area contributed by atoms with Crippen LogP contribution >= 0.6 is 23.1 Å². The Morgan fingerprint density at radius 3 is 2.78 bits per heavy atom. The minimum atomic E-state index is -0.990. The van der Waals surface area contributed by atoms with Crippen LogP contribution in [-0.2, 0) is 4.79 Å². The normalized spacial score (nSPS) is 23.1. The first-order valence-electron chi connectivity index (χ1n) is 5.23. The van der Waals surface area contributed by atoms with Crippen LogP contribution in [-0.4, -0.2) is 49.4 Å². The second-order valence-corrected chi connectivity index (χ2v) is 6.28. The molecule has 2 unspecified atom stereocenters. The summed E-state index contributed by atoms with van der Waals surface area (Å²) in [4.78, 5) is 24.4. The molecule has 7 nitrogen and oxygen atoms in total. The second kappa shape index (κ2) is 5.11. The number of anilines is 1. The fourth-order valence-corrected chi connectivity index (χ4v) is 3.39. The number of hydrogen-bond donors (Lipinski definition) is 2. The number of aromatic nitrogens is 2. The van der Waals surface area contributed by atoms with E-state index in [1.54, 1.807) is 13.8 Å². The third-order valence-corrected chi connectivity index (χ3v) is 4.45. The van der Waals surface area contributed by atoms with Crippen LogP contribution in [0.25, 0.3) is 0 Å². The maximum atomic E-state index is 12.0. The summed E-state index contributed by atoms with van der Waals surface area (Å²) in [6.45, 7) is 3.58. The number of urea groups is 1. The Hall–Kier alpha value is -1.35. The Bertz CT molecular complexity index is 478. The molecule has 0 radical (unpaired) electrons. The lowest BCUT2D eigenvalue weighted by Gasteiger charge is -2.24. The molecule has 9 heteroatoms. The molecule has 0 aromatic carbocycles. The van der Waals surface area contributed by atoms with Gasteiger partial charge in [0, 0.05) is 5.75 Å². The summed E-state index contributed by atoms with van der Waals surface area (Å²) in [6.07, 6.45) is 0. The van der Waals surface area contributed by atoms with Crippen LogP contribution in [0.4, 0.5) is 9.93 Å². The number of aliphatic carboxylic acids is 1. The highest BCUT2D eigenvalue weighted by Gasteiger charge is 2.39. The van der Waals surface area contributed by atoms with Crippen molar-refractivity contribution in [3.05, 3.63) is 5.01 Å². The molecular weight excluding hydrogens is 276 g/mol. The van der Waals surface area contributed by atoms with Crippen LogP contribution < -0.4 is 5.32 Å². The lowest BCUT2D eigenvalue weighted by molar-refractivity contribution is -0.141. The number of carboxylic acids is 1. The Morgan fingerprint density at radius 1 is 1.50 bits per heavy atom. The van der Waals surface area contributed by atoms with Crippen LogP contribution in [0.1, 0.15) is 11.9 Å². The molecule has 18 heavy (non-hydrogen) atoms. The highest BCUT2D eigenvalue weighted by atomic mass is 32.2. The van der Waals surface area contributed by atoms with E-state index in [0.29, 0.717) is 10.9 Å². The van der Waals surface area contributed by atoms with Gasteiger partial charge in [-0.25, -0.2) is 9.59 Å².